The molecule has 0 bridgehead atoms. The number of rotatable bonds is 6. The largest absolute Gasteiger partial charge is 0.430 e. The molecule has 1 amide bonds. The van der Waals surface area contributed by atoms with Crippen molar-refractivity contribution in [1.29, 1.82) is 0 Å². The summed E-state index contributed by atoms with van der Waals surface area (Å²) in [5, 5.41) is 7.80. The minimum atomic E-state index is -0.163. The molecule has 31 heavy (non-hydrogen) atoms. The third-order valence-electron chi connectivity index (χ3n) is 4.58. The SMILES string of the molecule is O=C(NCc1ccccc1)c1cccc(Oc2nn3cc(-c4cccnc4)nc3s2)c1. The molecule has 5 rings (SSSR count). The van der Waals surface area contributed by atoms with Crippen molar-refractivity contribution in [2.75, 3.05) is 0 Å². The van der Waals surface area contributed by atoms with Gasteiger partial charge in [-0.05, 0) is 47.2 Å². The lowest BCUT2D eigenvalue weighted by Gasteiger charge is -2.07. The number of nitrogens with zero attached hydrogens (tertiary/aromatic N) is 4. The minimum Gasteiger partial charge on any atom is -0.430 e. The van der Waals surface area contributed by atoms with Gasteiger partial charge < -0.3 is 10.1 Å². The van der Waals surface area contributed by atoms with Crippen LogP contribution in [0.3, 0.4) is 0 Å². The molecular formula is C23H17N5O2S. The Hall–Kier alpha value is -4.04. The molecule has 3 heterocycles. The highest BCUT2D eigenvalue weighted by Crippen LogP contribution is 2.29. The molecule has 0 radical (unpaired) electrons. The number of aromatic nitrogens is 4. The summed E-state index contributed by atoms with van der Waals surface area (Å²) >= 11 is 1.33. The highest BCUT2D eigenvalue weighted by molar-refractivity contribution is 7.18. The minimum absolute atomic E-state index is 0.163. The zero-order chi connectivity index (χ0) is 21.0. The topological polar surface area (TPSA) is 81.4 Å². The second-order valence-corrected chi connectivity index (χ2v) is 7.68. The van der Waals surface area contributed by atoms with Crippen LogP contribution in [0.1, 0.15) is 15.9 Å². The number of hydrogen-bond acceptors (Lipinski definition) is 6. The van der Waals surface area contributed by atoms with Gasteiger partial charge in [-0.15, -0.1) is 5.10 Å². The lowest BCUT2D eigenvalue weighted by molar-refractivity contribution is 0.0950. The van der Waals surface area contributed by atoms with Gasteiger partial charge in [0.1, 0.15) is 5.75 Å². The van der Waals surface area contributed by atoms with Crippen molar-refractivity contribution in [1.82, 2.24) is 24.9 Å². The molecule has 5 aromatic rings. The third kappa shape index (κ3) is 4.29. The van der Waals surface area contributed by atoms with E-state index in [4.69, 9.17) is 4.74 Å². The van der Waals surface area contributed by atoms with Crippen molar-refractivity contribution in [2.45, 2.75) is 6.54 Å². The summed E-state index contributed by atoms with van der Waals surface area (Å²) < 4.78 is 7.55. The molecule has 1 N–H and O–H groups in total. The van der Waals surface area contributed by atoms with Crippen LogP contribution < -0.4 is 10.1 Å². The first-order valence-electron chi connectivity index (χ1n) is 9.61. The molecule has 8 heteroatoms. The van der Waals surface area contributed by atoms with Crippen LogP contribution in [0, 0.1) is 0 Å². The summed E-state index contributed by atoms with van der Waals surface area (Å²) in [5.74, 6) is 0.376. The molecule has 3 aromatic heterocycles. The number of amides is 1. The van der Waals surface area contributed by atoms with Gasteiger partial charge in [-0.3, -0.25) is 9.78 Å². The van der Waals surface area contributed by atoms with Crippen LogP contribution in [-0.4, -0.2) is 25.5 Å². The standard InChI is InChI=1S/C23H17N5O2S/c29-21(25-13-16-6-2-1-3-7-16)17-8-4-10-19(12-17)30-23-27-28-15-20(26-22(28)31-23)18-9-5-11-24-14-18/h1-12,14-15H,13H2,(H,25,29). The molecule has 0 aliphatic heterocycles. The van der Waals surface area contributed by atoms with E-state index in [1.807, 2.05) is 48.7 Å². The van der Waals surface area contributed by atoms with Gasteiger partial charge in [0.05, 0.1) is 11.9 Å². The van der Waals surface area contributed by atoms with Gasteiger partial charge >= 0.3 is 0 Å². The average Bonchev–Trinajstić information content (AvgIpc) is 3.38. The zero-order valence-corrected chi connectivity index (χ0v) is 17.1. The Bertz CT molecular complexity index is 1300. The maximum atomic E-state index is 12.5. The van der Waals surface area contributed by atoms with Crippen LogP contribution >= 0.6 is 11.3 Å². The summed E-state index contributed by atoms with van der Waals surface area (Å²) in [7, 11) is 0. The average molecular weight is 427 g/mol. The summed E-state index contributed by atoms with van der Waals surface area (Å²) in [6.45, 7) is 0.466. The van der Waals surface area contributed by atoms with Gasteiger partial charge in [0.25, 0.3) is 11.1 Å². The van der Waals surface area contributed by atoms with Crippen molar-refractivity contribution in [3.8, 4) is 22.2 Å². The van der Waals surface area contributed by atoms with Gasteiger partial charge in [0.2, 0.25) is 4.96 Å². The van der Waals surface area contributed by atoms with Gasteiger partial charge in [-0.25, -0.2) is 9.50 Å². The van der Waals surface area contributed by atoms with Crippen LogP contribution in [0.5, 0.6) is 10.9 Å². The molecule has 7 nitrogen and oxygen atoms in total. The van der Waals surface area contributed by atoms with Crippen molar-refractivity contribution in [3.63, 3.8) is 0 Å². The summed E-state index contributed by atoms with van der Waals surface area (Å²) in [5.41, 5.74) is 3.29. The maximum absolute atomic E-state index is 12.5. The Labute approximate surface area is 182 Å². The Morgan fingerprint density at radius 2 is 1.97 bits per heavy atom. The first kappa shape index (κ1) is 19.0. The van der Waals surface area contributed by atoms with E-state index in [1.54, 1.807) is 41.2 Å². The van der Waals surface area contributed by atoms with E-state index in [0.29, 0.717) is 28.0 Å². The van der Waals surface area contributed by atoms with Gasteiger partial charge in [0, 0.05) is 30.1 Å². The predicted octanol–water partition coefficient (Wildman–Crippen LogP) is 4.58. The van der Waals surface area contributed by atoms with Crippen molar-refractivity contribution in [3.05, 3.63) is 96.4 Å². The first-order valence-corrected chi connectivity index (χ1v) is 10.4. The van der Waals surface area contributed by atoms with Gasteiger partial charge in [0.15, 0.2) is 0 Å². The molecule has 0 spiro atoms. The van der Waals surface area contributed by atoms with Crippen LogP contribution in [0.2, 0.25) is 0 Å². The van der Waals surface area contributed by atoms with E-state index in [1.165, 1.54) is 11.3 Å². The lowest BCUT2D eigenvalue weighted by Crippen LogP contribution is -2.22. The van der Waals surface area contributed by atoms with Crippen molar-refractivity contribution < 1.29 is 9.53 Å². The summed E-state index contributed by atoms with van der Waals surface area (Å²) in [6.07, 6.45) is 5.32. The molecule has 0 saturated heterocycles. The van der Waals surface area contributed by atoms with E-state index < -0.39 is 0 Å². The monoisotopic (exact) mass is 427 g/mol. The third-order valence-corrected chi connectivity index (χ3v) is 5.38. The fourth-order valence-electron chi connectivity index (χ4n) is 3.06. The number of carbonyl (C=O) groups is 1. The maximum Gasteiger partial charge on any atom is 0.299 e. The number of pyridine rings is 1. The van der Waals surface area contributed by atoms with Gasteiger partial charge in [-0.2, -0.15) is 0 Å². The Balaban J connectivity index is 1.28. The molecule has 152 valence electrons. The number of benzene rings is 2. The van der Waals surface area contributed by atoms with E-state index in [0.717, 1.165) is 16.8 Å². The van der Waals surface area contributed by atoms with Gasteiger partial charge in [-0.1, -0.05) is 36.4 Å². The first-order chi connectivity index (χ1) is 15.2. The Morgan fingerprint density at radius 1 is 1.06 bits per heavy atom. The zero-order valence-electron chi connectivity index (χ0n) is 16.3. The summed E-state index contributed by atoms with van der Waals surface area (Å²) in [6, 6.07) is 20.6. The Kier molecular flexibility index (Phi) is 5.12. The number of nitrogens with one attached hydrogen (secondary N) is 1. The predicted molar refractivity (Wildman–Crippen MR) is 118 cm³/mol. The fraction of sp³-hybridized carbons (Fsp3) is 0.0435. The molecule has 0 fully saturated rings. The number of ether oxygens (including phenoxy) is 1. The Morgan fingerprint density at radius 3 is 2.77 bits per heavy atom. The summed E-state index contributed by atoms with van der Waals surface area (Å²) in [4.78, 5) is 21.9. The smallest absolute Gasteiger partial charge is 0.299 e. The highest BCUT2D eigenvalue weighted by atomic mass is 32.1. The van der Waals surface area contributed by atoms with Crippen molar-refractivity contribution >= 4 is 22.2 Å². The van der Waals surface area contributed by atoms with E-state index in [9.17, 15) is 4.79 Å². The number of fused-ring (bicyclic) bond motifs is 1. The quantitative estimate of drug-likeness (QED) is 0.429. The van der Waals surface area contributed by atoms with Crippen molar-refractivity contribution in [2.24, 2.45) is 0 Å². The molecule has 0 saturated carbocycles. The second-order valence-electron chi connectivity index (χ2n) is 6.76. The molecular weight excluding hydrogens is 410 g/mol. The van der Waals surface area contributed by atoms with Crippen LogP contribution in [0.4, 0.5) is 0 Å². The fourth-order valence-corrected chi connectivity index (χ4v) is 3.81. The number of carbonyl (C=O) groups excluding carboxylic acids is 1. The lowest BCUT2D eigenvalue weighted by atomic mass is 10.2. The van der Waals surface area contributed by atoms with E-state index >= 15 is 0 Å². The van der Waals surface area contributed by atoms with E-state index in [-0.39, 0.29) is 5.91 Å². The van der Waals surface area contributed by atoms with Crippen LogP contribution in [-0.2, 0) is 6.54 Å². The normalized spacial score (nSPS) is 10.8. The second kappa shape index (κ2) is 8.37. The highest BCUT2D eigenvalue weighted by Gasteiger charge is 2.12. The molecule has 0 aliphatic carbocycles. The molecule has 0 unspecified atom stereocenters. The van der Waals surface area contributed by atoms with E-state index in [2.05, 4.69) is 20.4 Å². The van der Waals surface area contributed by atoms with Crippen LogP contribution in [0.25, 0.3) is 16.2 Å². The molecule has 0 atom stereocenters. The molecule has 2 aromatic carbocycles. The molecule has 0 aliphatic rings. The van der Waals surface area contributed by atoms with Crippen LogP contribution in [0.15, 0.2) is 85.3 Å². The number of hydrogen-bond donors (Lipinski definition) is 1. The number of imidazole rings is 1.